The summed E-state index contributed by atoms with van der Waals surface area (Å²) in [6.07, 6.45) is 0. The van der Waals surface area contributed by atoms with Crippen LogP contribution in [0.5, 0.6) is 103 Å². The van der Waals surface area contributed by atoms with Crippen LogP contribution in [0, 0.1) is 6.92 Å². The van der Waals surface area contributed by atoms with Crippen LogP contribution in [0.15, 0.2) is 267 Å². The molecule has 18 nitrogen and oxygen atoms in total. The molecule has 109 heavy (non-hydrogen) atoms. The van der Waals surface area contributed by atoms with E-state index in [0.29, 0.717) is 67.9 Å². The van der Waals surface area contributed by atoms with Crippen LogP contribution in [-0.4, -0.2) is 61.3 Å². The van der Waals surface area contributed by atoms with Gasteiger partial charge in [0.15, 0.2) is 0 Å². The molecule has 0 bridgehead atoms. The maximum absolute atomic E-state index is 10.4. The molecule has 0 aliphatic carbocycles. The molecular formula is C91H80O18. The molecular weight excluding hydrogens is 1380 g/mol. The molecule has 13 aromatic rings. The van der Waals surface area contributed by atoms with E-state index in [2.05, 4.69) is 45.0 Å². The maximum Gasteiger partial charge on any atom is 0.122 e. The van der Waals surface area contributed by atoms with Crippen LogP contribution in [0.2, 0.25) is 0 Å². The van der Waals surface area contributed by atoms with E-state index in [0.717, 1.165) is 55.6 Å². The highest BCUT2D eigenvalue weighted by Gasteiger charge is 2.41. The predicted octanol–water partition coefficient (Wildman–Crippen LogP) is 18.0. The van der Waals surface area contributed by atoms with Crippen LogP contribution >= 0.6 is 0 Å². The second kappa shape index (κ2) is 31.1. The van der Waals surface area contributed by atoms with E-state index in [1.54, 1.807) is 0 Å². The molecule has 0 heterocycles. The van der Waals surface area contributed by atoms with Crippen LogP contribution in [0.4, 0.5) is 0 Å². The van der Waals surface area contributed by atoms with Gasteiger partial charge in [-0.05, 0) is 256 Å². The first-order valence-corrected chi connectivity index (χ1v) is 35.0. The lowest BCUT2D eigenvalue weighted by Gasteiger charge is -2.39. The van der Waals surface area contributed by atoms with Gasteiger partial charge >= 0.3 is 0 Å². The van der Waals surface area contributed by atoms with Crippen molar-refractivity contribution in [1.29, 1.82) is 0 Å². The van der Waals surface area contributed by atoms with Gasteiger partial charge in [-0.15, -0.1) is 0 Å². The Kier molecular flexibility index (Phi) is 21.0. The minimum Gasteiger partial charge on any atom is -0.508 e. The van der Waals surface area contributed by atoms with Crippen LogP contribution in [0.3, 0.4) is 0 Å². The lowest BCUT2D eigenvalue weighted by molar-refractivity contribution is 0.302. The summed E-state index contributed by atoms with van der Waals surface area (Å²) in [4.78, 5) is 0. The molecule has 0 aliphatic heterocycles. The molecule has 0 saturated carbocycles. The standard InChI is InChI=1S/C91H80O18/c1-55-27-67(15-26-88(55)109-54-61-38-81(102)48-82(103)39-61)91(4,66-13-24-87(25-14-66)108-53-60-36-79(100)47-80(101)37-60)70-41-68(89(2,62-5-16-83(17-6-62)104-49-56-28-71(92)43-72(93)29-56)63-7-18-84(19-8-63)105-50-57-30-73(94)44-74(95)31-57)40-69(42-70)90(3,64-9-20-85(21-10-64)106-51-58-32-75(96)45-76(97)33-58)65-11-22-86(23-12-65)107-52-59-34-77(98)46-78(99)35-59/h5-48,92-103H,49-54H2,1-4H3. The van der Waals surface area contributed by atoms with Gasteiger partial charge in [0.2, 0.25) is 0 Å². The van der Waals surface area contributed by atoms with Gasteiger partial charge in [0, 0.05) is 52.6 Å². The minimum absolute atomic E-state index is 0.0268. The lowest BCUT2D eigenvalue weighted by Crippen LogP contribution is -2.32. The minimum atomic E-state index is -1.10. The molecule has 18 heteroatoms. The second-order valence-corrected chi connectivity index (χ2v) is 27.7. The van der Waals surface area contributed by atoms with Crippen molar-refractivity contribution in [1.82, 2.24) is 0 Å². The third-order valence-corrected chi connectivity index (χ3v) is 19.8. The van der Waals surface area contributed by atoms with Gasteiger partial charge in [-0.2, -0.15) is 0 Å². The largest absolute Gasteiger partial charge is 0.508 e. The highest BCUT2D eigenvalue weighted by atomic mass is 16.5. The normalized spacial score (nSPS) is 12.0. The molecule has 0 fully saturated rings. The summed E-state index contributed by atoms with van der Waals surface area (Å²) >= 11 is 0. The zero-order valence-corrected chi connectivity index (χ0v) is 60.0. The fourth-order valence-corrected chi connectivity index (χ4v) is 14.0. The summed E-state index contributed by atoms with van der Waals surface area (Å²) in [7, 11) is 0. The molecule has 0 radical (unpaired) electrons. The summed E-state index contributed by atoms with van der Waals surface area (Å²) in [5.74, 6) is 1.70. The number of hydrogen-bond donors (Lipinski definition) is 12. The van der Waals surface area contributed by atoms with Crippen molar-refractivity contribution in [3.05, 3.63) is 356 Å². The van der Waals surface area contributed by atoms with Crippen molar-refractivity contribution in [3.63, 3.8) is 0 Å². The van der Waals surface area contributed by atoms with Crippen molar-refractivity contribution in [2.24, 2.45) is 0 Å². The zero-order chi connectivity index (χ0) is 76.7. The third-order valence-electron chi connectivity index (χ3n) is 19.8. The third kappa shape index (κ3) is 17.0. The van der Waals surface area contributed by atoms with Crippen LogP contribution < -0.4 is 28.4 Å². The van der Waals surface area contributed by atoms with Crippen molar-refractivity contribution >= 4 is 0 Å². The number of aryl methyl sites for hydroxylation is 1. The van der Waals surface area contributed by atoms with E-state index in [9.17, 15) is 61.3 Å². The van der Waals surface area contributed by atoms with E-state index in [-0.39, 0.29) is 109 Å². The quantitative estimate of drug-likeness (QED) is 0.0213. The molecule has 1 atom stereocenters. The summed E-state index contributed by atoms with van der Waals surface area (Å²) in [6, 6.07) is 77.2. The van der Waals surface area contributed by atoms with E-state index in [1.165, 1.54) is 109 Å². The Labute approximate surface area is 629 Å². The van der Waals surface area contributed by atoms with Crippen molar-refractivity contribution in [2.75, 3.05) is 0 Å². The Morgan fingerprint density at radius 3 is 0.560 bits per heavy atom. The summed E-state index contributed by atoms with van der Waals surface area (Å²) in [5, 5.41) is 125. The average molecular weight is 1460 g/mol. The number of phenols is 12. The monoisotopic (exact) mass is 1460 g/mol. The molecule has 13 aromatic carbocycles. The number of benzene rings is 13. The highest BCUT2D eigenvalue weighted by molar-refractivity contribution is 5.63. The summed E-state index contributed by atoms with van der Waals surface area (Å²) < 4.78 is 38.2. The van der Waals surface area contributed by atoms with Crippen molar-refractivity contribution in [2.45, 2.75) is 83.6 Å². The summed E-state index contributed by atoms with van der Waals surface area (Å²) in [5.41, 5.74) is 8.16. The first-order valence-electron chi connectivity index (χ1n) is 35.0. The molecule has 0 saturated heterocycles. The van der Waals surface area contributed by atoms with Gasteiger partial charge in [-0.1, -0.05) is 91.0 Å². The van der Waals surface area contributed by atoms with Gasteiger partial charge in [-0.25, -0.2) is 0 Å². The Bertz CT molecular complexity index is 4870. The number of phenolic OH excluding ortho intramolecular Hbond substituents is 12. The number of hydrogen-bond acceptors (Lipinski definition) is 18. The number of aromatic hydroxyl groups is 12. The van der Waals surface area contributed by atoms with E-state index >= 15 is 0 Å². The van der Waals surface area contributed by atoms with E-state index in [1.807, 2.05) is 140 Å². The van der Waals surface area contributed by atoms with Gasteiger partial charge in [0.05, 0.1) is 0 Å². The predicted molar refractivity (Wildman–Crippen MR) is 411 cm³/mol. The van der Waals surface area contributed by atoms with Crippen LogP contribution in [0.1, 0.15) is 110 Å². The van der Waals surface area contributed by atoms with E-state index in [4.69, 9.17) is 28.4 Å². The molecule has 12 N–H and O–H groups in total. The van der Waals surface area contributed by atoms with Gasteiger partial charge in [-0.3, -0.25) is 0 Å². The second-order valence-electron chi connectivity index (χ2n) is 27.7. The van der Waals surface area contributed by atoms with E-state index < -0.39 is 16.2 Å². The first kappa shape index (κ1) is 73.6. The zero-order valence-electron chi connectivity index (χ0n) is 60.0. The first-order chi connectivity index (χ1) is 52.3. The van der Waals surface area contributed by atoms with Crippen molar-refractivity contribution in [3.8, 4) is 103 Å². The highest BCUT2D eigenvalue weighted by Crippen LogP contribution is 2.50. The molecule has 13 rings (SSSR count). The van der Waals surface area contributed by atoms with Gasteiger partial charge < -0.3 is 89.7 Å². The fraction of sp³-hybridized carbons (Fsp3) is 0.143. The number of rotatable bonds is 27. The molecule has 0 spiro atoms. The molecule has 0 amide bonds. The Hall–Kier alpha value is -13.7. The lowest BCUT2D eigenvalue weighted by atomic mass is 9.63. The Morgan fingerprint density at radius 1 is 0.193 bits per heavy atom. The van der Waals surface area contributed by atoms with Crippen molar-refractivity contribution < 1.29 is 89.7 Å². The Morgan fingerprint density at radius 2 is 0.367 bits per heavy atom. The van der Waals surface area contributed by atoms with Gasteiger partial charge in [0.1, 0.15) is 143 Å². The maximum atomic E-state index is 10.4. The van der Waals surface area contributed by atoms with Crippen LogP contribution in [-0.2, 0) is 55.9 Å². The smallest absolute Gasteiger partial charge is 0.122 e. The topological polar surface area (TPSA) is 298 Å². The summed E-state index contributed by atoms with van der Waals surface area (Å²) in [6.45, 7) is 8.58. The number of ether oxygens (including phenoxy) is 6. The molecule has 0 aliphatic rings. The Balaban J connectivity index is 1.02. The molecule has 1 unspecified atom stereocenters. The SMILES string of the molecule is Cc1cc(C(C)(c2ccc(OCc3cc(O)cc(O)c3)cc2)c2cc(C(C)(c3ccc(OCc4cc(O)cc(O)c4)cc3)c3ccc(OCc4cc(O)cc(O)c4)cc3)cc(C(C)(c3ccc(OCc4cc(O)cc(O)c4)cc3)c3ccc(OCc4cc(O)cc(O)c4)cc3)c2)ccc1OCc1cc(O)cc(O)c1. The molecule has 552 valence electrons. The fourth-order valence-electron chi connectivity index (χ4n) is 14.0. The van der Waals surface area contributed by atoms with Gasteiger partial charge in [0.25, 0.3) is 0 Å². The molecule has 0 aromatic heterocycles. The average Bonchev–Trinajstić information content (AvgIpc) is 0.722. The van der Waals surface area contributed by atoms with Crippen LogP contribution in [0.25, 0.3) is 0 Å².